The minimum absolute atomic E-state index is 0.0582. The van der Waals surface area contributed by atoms with E-state index in [9.17, 15) is 4.79 Å². The Morgan fingerprint density at radius 2 is 2.05 bits per heavy atom. The van der Waals surface area contributed by atoms with Gasteiger partial charge in [0.15, 0.2) is 0 Å². The van der Waals surface area contributed by atoms with Crippen molar-refractivity contribution in [2.24, 2.45) is 11.8 Å². The van der Waals surface area contributed by atoms with Crippen molar-refractivity contribution in [1.29, 1.82) is 0 Å². The van der Waals surface area contributed by atoms with E-state index in [1.807, 2.05) is 0 Å². The Balaban J connectivity index is 2.30. The maximum Gasteiger partial charge on any atom is 0.223 e. The predicted molar refractivity (Wildman–Crippen MR) is 84.1 cm³/mol. The first kappa shape index (κ1) is 17.8. The molecule has 1 fully saturated rings. The third-order valence-corrected chi connectivity index (χ3v) is 4.57. The summed E-state index contributed by atoms with van der Waals surface area (Å²) in [5.41, 5.74) is 0. The molecular formula is C16H30ClNO2. The highest BCUT2D eigenvalue weighted by Gasteiger charge is 2.27. The van der Waals surface area contributed by atoms with E-state index in [1.165, 1.54) is 32.1 Å². The van der Waals surface area contributed by atoms with Gasteiger partial charge in [0.1, 0.15) is 0 Å². The van der Waals surface area contributed by atoms with Crippen LogP contribution in [-0.4, -0.2) is 31.5 Å². The Morgan fingerprint density at radius 3 is 2.60 bits per heavy atom. The van der Waals surface area contributed by atoms with Crippen LogP contribution in [0.3, 0.4) is 0 Å². The van der Waals surface area contributed by atoms with E-state index in [0.717, 1.165) is 25.2 Å². The molecule has 1 rings (SSSR count). The number of hydrogen-bond donors (Lipinski definition) is 1. The number of amides is 1. The van der Waals surface area contributed by atoms with Gasteiger partial charge in [-0.15, -0.1) is 11.6 Å². The van der Waals surface area contributed by atoms with Crippen molar-refractivity contribution in [2.75, 3.05) is 19.6 Å². The van der Waals surface area contributed by atoms with Gasteiger partial charge in [-0.25, -0.2) is 0 Å². The molecule has 0 aromatic carbocycles. The van der Waals surface area contributed by atoms with Crippen molar-refractivity contribution < 1.29 is 9.53 Å². The summed E-state index contributed by atoms with van der Waals surface area (Å²) in [4.78, 5) is 12.3. The first-order chi connectivity index (χ1) is 9.71. The molecular weight excluding hydrogens is 274 g/mol. The fraction of sp³-hybridized carbons (Fsp3) is 0.938. The van der Waals surface area contributed by atoms with Crippen LogP contribution in [-0.2, 0) is 9.53 Å². The largest absolute Gasteiger partial charge is 0.383 e. The second kappa shape index (κ2) is 10.4. The van der Waals surface area contributed by atoms with Gasteiger partial charge in [0.05, 0.1) is 12.6 Å². The third kappa shape index (κ3) is 6.45. The Kier molecular flexibility index (Phi) is 9.28. The summed E-state index contributed by atoms with van der Waals surface area (Å²) in [7, 11) is 1.66. The molecule has 0 aromatic rings. The number of hydrogen-bond acceptors (Lipinski definition) is 2. The zero-order valence-corrected chi connectivity index (χ0v) is 13.8. The number of ether oxygens (including phenoxy) is 1. The fourth-order valence-electron chi connectivity index (χ4n) is 3.06. The van der Waals surface area contributed by atoms with Crippen LogP contribution in [0, 0.1) is 11.8 Å². The van der Waals surface area contributed by atoms with Gasteiger partial charge >= 0.3 is 0 Å². The molecule has 20 heavy (non-hydrogen) atoms. The monoisotopic (exact) mass is 303 g/mol. The Morgan fingerprint density at radius 1 is 1.35 bits per heavy atom. The van der Waals surface area contributed by atoms with Crippen LogP contribution in [0.2, 0.25) is 0 Å². The van der Waals surface area contributed by atoms with E-state index in [-0.39, 0.29) is 17.9 Å². The molecule has 1 aliphatic carbocycles. The minimum atomic E-state index is 0.0582. The van der Waals surface area contributed by atoms with Gasteiger partial charge in [0.2, 0.25) is 5.91 Å². The van der Waals surface area contributed by atoms with Gasteiger partial charge in [0, 0.05) is 18.9 Å². The molecule has 1 amide bonds. The quantitative estimate of drug-likeness (QED) is 0.659. The number of alkyl halides is 1. The van der Waals surface area contributed by atoms with E-state index in [4.69, 9.17) is 16.3 Å². The summed E-state index contributed by atoms with van der Waals surface area (Å²) < 4.78 is 5.13. The first-order valence-electron chi connectivity index (χ1n) is 8.06. The lowest BCUT2D eigenvalue weighted by Gasteiger charge is -2.29. The summed E-state index contributed by atoms with van der Waals surface area (Å²) >= 11 is 5.76. The van der Waals surface area contributed by atoms with Crippen molar-refractivity contribution >= 4 is 17.5 Å². The van der Waals surface area contributed by atoms with Gasteiger partial charge in [-0.05, 0) is 38.0 Å². The van der Waals surface area contributed by atoms with E-state index >= 15 is 0 Å². The molecule has 3 nitrogen and oxygen atoms in total. The van der Waals surface area contributed by atoms with E-state index in [0.29, 0.717) is 12.5 Å². The first-order valence-corrected chi connectivity index (χ1v) is 8.60. The molecule has 0 saturated heterocycles. The lowest BCUT2D eigenvalue weighted by Crippen LogP contribution is -2.42. The number of halogens is 1. The Bertz CT molecular complexity index is 259. The second-order valence-electron chi connectivity index (χ2n) is 6.00. The lowest BCUT2D eigenvalue weighted by atomic mass is 9.79. The molecule has 1 saturated carbocycles. The van der Waals surface area contributed by atoms with Crippen LogP contribution in [0.5, 0.6) is 0 Å². The highest BCUT2D eigenvalue weighted by atomic mass is 35.5. The smallest absolute Gasteiger partial charge is 0.223 e. The van der Waals surface area contributed by atoms with Gasteiger partial charge in [-0.2, -0.15) is 0 Å². The summed E-state index contributed by atoms with van der Waals surface area (Å²) in [5.74, 6) is 1.79. The summed E-state index contributed by atoms with van der Waals surface area (Å²) in [6, 6.07) is 0.0582. The Labute approximate surface area is 128 Å². The van der Waals surface area contributed by atoms with Gasteiger partial charge < -0.3 is 10.1 Å². The Hall–Kier alpha value is -0.280. The van der Waals surface area contributed by atoms with Gasteiger partial charge in [-0.1, -0.05) is 26.2 Å². The molecule has 0 aliphatic heterocycles. The average Bonchev–Trinajstić information content (AvgIpc) is 2.46. The molecule has 1 aliphatic rings. The number of methoxy groups -OCH3 is 1. The molecule has 1 unspecified atom stereocenters. The van der Waals surface area contributed by atoms with Gasteiger partial charge in [0.25, 0.3) is 0 Å². The maximum atomic E-state index is 12.3. The van der Waals surface area contributed by atoms with Crippen LogP contribution in [0.15, 0.2) is 0 Å². The third-order valence-electron chi connectivity index (χ3n) is 4.36. The zero-order valence-electron chi connectivity index (χ0n) is 13.0. The topological polar surface area (TPSA) is 38.3 Å². The van der Waals surface area contributed by atoms with Crippen LogP contribution >= 0.6 is 11.6 Å². The average molecular weight is 304 g/mol. The van der Waals surface area contributed by atoms with Crippen molar-refractivity contribution in [3.05, 3.63) is 0 Å². The summed E-state index contributed by atoms with van der Waals surface area (Å²) in [6.45, 7) is 2.79. The molecule has 0 radical (unpaired) electrons. The molecule has 118 valence electrons. The highest BCUT2D eigenvalue weighted by molar-refractivity contribution is 6.17. The van der Waals surface area contributed by atoms with Gasteiger partial charge in [-0.3, -0.25) is 4.79 Å². The molecule has 4 heteroatoms. The minimum Gasteiger partial charge on any atom is -0.383 e. The van der Waals surface area contributed by atoms with Crippen molar-refractivity contribution in [3.8, 4) is 0 Å². The number of carbonyl (C=O) groups excluding carboxylic acids is 1. The molecule has 0 heterocycles. The van der Waals surface area contributed by atoms with Crippen LogP contribution in [0.25, 0.3) is 0 Å². The van der Waals surface area contributed by atoms with Crippen LogP contribution < -0.4 is 5.32 Å². The molecule has 1 N–H and O–H groups in total. The number of unbranched alkanes of at least 4 members (excludes halogenated alkanes) is 1. The number of nitrogens with one attached hydrogen (secondary N) is 1. The highest BCUT2D eigenvalue weighted by Crippen LogP contribution is 2.32. The number of rotatable bonds is 9. The maximum absolute atomic E-state index is 12.3. The van der Waals surface area contributed by atoms with E-state index in [1.54, 1.807) is 7.11 Å². The standard InChI is InChI=1S/C16H30ClNO2/c1-3-4-5-13-6-8-14(9-7-13)16(19)18-15(10-11-17)12-20-2/h13-15H,3-12H2,1-2H3,(H,18,19). The zero-order chi connectivity index (χ0) is 14.8. The molecule has 0 bridgehead atoms. The normalized spacial score (nSPS) is 24.4. The van der Waals surface area contributed by atoms with Crippen molar-refractivity contribution in [1.82, 2.24) is 5.32 Å². The summed E-state index contributed by atoms with van der Waals surface area (Å²) in [6.07, 6.45) is 9.22. The van der Waals surface area contributed by atoms with Crippen LogP contribution in [0.4, 0.5) is 0 Å². The van der Waals surface area contributed by atoms with E-state index < -0.39 is 0 Å². The fourth-order valence-corrected chi connectivity index (χ4v) is 3.32. The molecule has 0 aromatic heterocycles. The molecule has 1 atom stereocenters. The number of carbonyl (C=O) groups is 1. The lowest BCUT2D eigenvalue weighted by molar-refractivity contribution is -0.127. The van der Waals surface area contributed by atoms with E-state index in [2.05, 4.69) is 12.2 Å². The molecule has 0 spiro atoms. The predicted octanol–water partition coefficient (Wildman–Crippen LogP) is 3.74. The van der Waals surface area contributed by atoms with Crippen LogP contribution in [0.1, 0.15) is 58.3 Å². The van der Waals surface area contributed by atoms with Crippen molar-refractivity contribution in [3.63, 3.8) is 0 Å². The summed E-state index contributed by atoms with van der Waals surface area (Å²) in [5, 5.41) is 3.10. The second-order valence-corrected chi connectivity index (χ2v) is 6.38. The van der Waals surface area contributed by atoms with Crippen molar-refractivity contribution in [2.45, 2.75) is 64.3 Å². The SMILES string of the molecule is CCCCC1CCC(C(=O)NC(CCCl)COC)CC1.